The first-order valence-corrected chi connectivity index (χ1v) is 5.22. The quantitative estimate of drug-likeness (QED) is 0.707. The summed E-state index contributed by atoms with van der Waals surface area (Å²) in [6.45, 7) is 0. The van der Waals surface area contributed by atoms with Gasteiger partial charge in [0.25, 0.3) is 0 Å². The Bertz CT molecular complexity index is 593. The Balaban J connectivity index is 2.95. The fourth-order valence-electron chi connectivity index (χ4n) is 1.15. The molecule has 6 heteroatoms. The van der Waals surface area contributed by atoms with Crippen molar-refractivity contribution in [2.75, 3.05) is 11.5 Å². The van der Waals surface area contributed by atoms with Crippen LogP contribution in [-0.2, 0) is 0 Å². The molecule has 2 rings (SSSR count). The number of thiophene rings is 2. The summed E-state index contributed by atoms with van der Waals surface area (Å²) in [5, 5.41) is 18.1. The van der Waals surface area contributed by atoms with Crippen LogP contribution in [0.4, 0.5) is 10.7 Å². The molecule has 0 bridgehead atoms. The molecule has 0 fully saturated rings. The van der Waals surface area contributed by atoms with Gasteiger partial charge in [0.1, 0.15) is 22.0 Å². The molecule has 0 saturated carbocycles. The zero-order valence-corrected chi connectivity index (χ0v) is 8.50. The summed E-state index contributed by atoms with van der Waals surface area (Å²) in [6.07, 6.45) is 0. The number of nitrogens with zero attached hydrogens (tertiary/aromatic N) is 2. The van der Waals surface area contributed by atoms with Crippen LogP contribution >= 0.6 is 22.7 Å². The molecule has 0 saturated heterocycles. The van der Waals surface area contributed by atoms with Crippen molar-refractivity contribution in [2.45, 2.75) is 0 Å². The van der Waals surface area contributed by atoms with Crippen LogP contribution < -0.4 is 11.5 Å². The molecule has 0 aliphatic carbocycles. The van der Waals surface area contributed by atoms with Crippen molar-refractivity contribution in [2.24, 2.45) is 0 Å². The van der Waals surface area contributed by atoms with Crippen molar-refractivity contribution in [3.8, 4) is 12.1 Å². The standard InChI is InChI=1S/C8H4N4S2/c9-1-3-4(2-10)13-7-5(11)8(12)14-6(3)7/h11-12H2. The molecule has 0 unspecified atom stereocenters. The predicted molar refractivity (Wildman–Crippen MR) is 58.0 cm³/mol. The van der Waals surface area contributed by atoms with Crippen molar-refractivity contribution in [3.63, 3.8) is 0 Å². The van der Waals surface area contributed by atoms with Gasteiger partial charge < -0.3 is 11.5 Å². The van der Waals surface area contributed by atoms with Gasteiger partial charge in [0.15, 0.2) is 0 Å². The molecule has 2 aromatic heterocycles. The van der Waals surface area contributed by atoms with Crippen LogP contribution in [0.1, 0.15) is 10.4 Å². The van der Waals surface area contributed by atoms with Gasteiger partial charge in [-0.25, -0.2) is 0 Å². The molecule has 68 valence electrons. The summed E-state index contributed by atoms with van der Waals surface area (Å²) >= 11 is 2.47. The van der Waals surface area contributed by atoms with E-state index in [0.717, 1.165) is 9.40 Å². The van der Waals surface area contributed by atoms with Crippen molar-refractivity contribution in [1.82, 2.24) is 0 Å². The first-order valence-electron chi connectivity index (χ1n) is 3.59. The second-order valence-corrected chi connectivity index (χ2v) is 4.64. The van der Waals surface area contributed by atoms with Crippen molar-refractivity contribution in [1.29, 1.82) is 10.5 Å². The maximum Gasteiger partial charge on any atom is 0.124 e. The molecule has 0 amide bonds. The molecule has 2 heterocycles. The third-order valence-corrected chi connectivity index (χ3v) is 4.11. The van der Waals surface area contributed by atoms with Crippen molar-refractivity contribution in [3.05, 3.63) is 10.4 Å². The predicted octanol–water partition coefficient (Wildman–Crippen LogP) is 1.87. The molecular formula is C8H4N4S2. The van der Waals surface area contributed by atoms with Crippen LogP contribution in [0.15, 0.2) is 0 Å². The van der Waals surface area contributed by atoms with Gasteiger partial charge in [-0.05, 0) is 0 Å². The van der Waals surface area contributed by atoms with Crippen LogP contribution in [0.2, 0.25) is 0 Å². The first-order chi connectivity index (χ1) is 6.69. The summed E-state index contributed by atoms with van der Waals surface area (Å²) in [6, 6.07) is 3.97. The number of fused-ring (bicyclic) bond motifs is 1. The van der Waals surface area contributed by atoms with E-state index in [1.54, 1.807) is 0 Å². The van der Waals surface area contributed by atoms with Gasteiger partial charge in [0, 0.05) is 0 Å². The summed E-state index contributed by atoms with van der Waals surface area (Å²) in [5.74, 6) is 0. The van der Waals surface area contributed by atoms with Crippen molar-refractivity contribution < 1.29 is 0 Å². The molecule has 0 spiro atoms. The number of rotatable bonds is 0. The van der Waals surface area contributed by atoms with Gasteiger partial charge in [-0.15, -0.1) is 22.7 Å². The first kappa shape index (κ1) is 8.82. The third kappa shape index (κ3) is 0.956. The van der Waals surface area contributed by atoms with Crippen LogP contribution in [0, 0.1) is 22.7 Å². The maximum absolute atomic E-state index is 8.87. The Hall–Kier alpha value is -1.76. The number of hydrogen-bond donors (Lipinski definition) is 2. The Kier molecular flexibility index (Phi) is 1.81. The van der Waals surface area contributed by atoms with E-state index in [4.69, 9.17) is 22.0 Å². The van der Waals surface area contributed by atoms with Gasteiger partial charge in [-0.3, -0.25) is 0 Å². The minimum Gasteiger partial charge on any atom is -0.395 e. The molecule has 4 N–H and O–H groups in total. The van der Waals surface area contributed by atoms with E-state index in [0.29, 0.717) is 21.1 Å². The number of hydrogen-bond acceptors (Lipinski definition) is 6. The number of nitrogens with two attached hydrogens (primary N) is 2. The molecular weight excluding hydrogens is 216 g/mol. The molecule has 14 heavy (non-hydrogen) atoms. The van der Waals surface area contributed by atoms with E-state index in [1.165, 1.54) is 22.7 Å². The fourth-order valence-corrected chi connectivity index (χ4v) is 3.33. The number of nitrogen functional groups attached to an aromatic ring is 2. The second kappa shape index (κ2) is 2.88. The van der Waals surface area contributed by atoms with Gasteiger partial charge >= 0.3 is 0 Å². The topological polar surface area (TPSA) is 99.6 Å². The average Bonchev–Trinajstić information content (AvgIpc) is 2.65. The van der Waals surface area contributed by atoms with Crippen LogP contribution in [-0.4, -0.2) is 0 Å². The maximum atomic E-state index is 8.87. The van der Waals surface area contributed by atoms with Crippen molar-refractivity contribution >= 4 is 42.8 Å². The zero-order chi connectivity index (χ0) is 10.3. The lowest BCUT2D eigenvalue weighted by molar-refractivity contribution is 1.49. The summed E-state index contributed by atoms with van der Waals surface area (Å²) in [5.41, 5.74) is 12.2. The molecule has 0 aromatic carbocycles. The number of anilines is 2. The highest BCUT2D eigenvalue weighted by molar-refractivity contribution is 7.31. The lowest BCUT2D eigenvalue weighted by Crippen LogP contribution is -1.87. The highest BCUT2D eigenvalue weighted by atomic mass is 32.1. The molecule has 0 radical (unpaired) electrons. The molecule has 0 aliphatic rings. The Morgan fingerprint density at radius 3 is 2.29 bits per heavy atom. The summed E-state index contributed by atoms with van der Waals surface area (Å²) in [4.78, 5) is 0.403. The largest absolute Gasteiger partial charge is 0.395 e. The minimum absolute atomic E-state index is 0.390. The molecule has 0 aliphatic heterocycles. The molecule has 2 aromatic rings. The van der Waals surface area contributed by atoms with Gasteiger partial charge in [-0.2, -0.15) is 10.5 Å². The normalized spacial score (nSPS) is 9.86. The smallest absolute Gasteiger partial charge is 0.124 e. The van der Waals surface area contributed by atoms with E-state index in [1.807, 2.05) is 12.1 Å². The lowest BCUT2D eigenvalue weighted by atomic mass is 10.3. The van der Waals surface area contributed by atoms with E-state index in [9.17, 15) is 0 Å². The van der Waals surface area contributed by atoms with Gasteiger partial charge in [-0.1, -0.05) is 0 Å². The van der Waals surface area contributed by atoms with Crippen LogP contribution in [0.5, 0.6) is 0 Å². The molecule has 0 atom stereocenters. The summed E-state index contributed by atoms with van der Waals surface area (Å²) in [7, 11) is 0. The van der Waals surface area contributed by atoms with E-state index in [-0.39, 0.29) is 0 Å². The Morgan fingerprint density at radius 1 is 1.00 bits per heavy atom. The minimum atomic E-state index is 0.390. The van der Waals surface area contributed by atoms with E-state index in [2.05, 4.69) is 0 Å². The van der Waals surface area contributed by atoms with Gasteiger partial charge in [0.05, 0.1) is 20.7 Å². The number of nitriles is 2. The lowest BCUT2D eigenvalue weighted by Gasteiger charge is -1.86. The monoisotopic (exact) mass is 220 g/mol. The highest BCUT2D eigenvalue weighted by Gasteiger charge is 2.17. The second-order valence-electron chi connectivity index (χ2n) is 2.57. The SMILES string of the molecule is N#Cc1sc2c(N)c(N)sc2c1C#N. The van der Waals surface area contributed by atoms with Crippen LogP contribution in [0.3, 0.4) is 0 Å². The Morgan fingerprint density at radius 2 is 1.71 bits per heavy atom. The third-order valence-electron chi connectivity index (χ3n) is 1.80. The molecule has 4 nitrogen and oxygen atoms in total. The summed E-state index contributed by atoms with van der Waals surface area (Å²) < 4.78 is 1.48. The fraction of sp³-hybridized carbons (Fsp3) is 0. The highest BCUT2D eigenvalue weighted by Crippen LogP contribution is 2.43. The average molecular weight is 220 g/mol. The van der Waals surface area contributed by atoms with Gasteiger partial charge in [0.2, 0.25) is 0 Å². The van der Waals surface area contributed by atoms with E-state index < -0.39 is 0 Å². The zero-order valence-electron chi connectivity index (χ0n) is 6.87. The van der Waals surface area contributed by atoms with Crippen LogP contribution in [0.25, 0.3) is 9.40 Å². The Labute approximate surface area is 87.6 Å². The van der Waals surface area contributed by atoms with E-state index >= 15 is 0 Å².